The van der Waals surface area contributed by atoms with Crippen molar-refractivity contribution in [1.82, 2.24) is 4.90 Å². The van der Waals surface area contributed by atoms with Crippen LogP contribution in [0.3, 0.4) is 0 Å². The number of carbonyl (C=O) groups excluding carboxylic acids is 1. The van der Waals surface area contributed by atoms with Gasteiger partial charge < -0.3 is 4.90 Å². The van der Waals surface area contributed by atoms with Crippen LogP contribution >= 0.6 is 11.6 Å². The fourth-order valence-corrected chi connectivity index (χ4v) is 2.36. The third kappa shape index (κ3) is 2.38. The molecular weight excluding hydrogens is 222 g/mol. The molecule has 1 aliphatic heterocycles. The summed E-state index contributed by atoms with van der Waals surface area (Å²) in [5.74, 6) is 0.249. The van der Waals surface area contributed by atoms with Gasteiger partial charge >= 0.3 is 0 Å². The van der Waals surface area contributed by atoms with Crippen molar-refractivity contribution in [3.05, 3.63) is 34.3 Å². The molecule has 1 aromatic carbocycles. The van der Waals surface area contributed by atoms with Crippen molar-refractivity contribution < 1.29 is 4.79 Å². The minimum atomic E-state index is 0.249. The summed E-state index contributed by atoms with van der Waals surface area (Å²) in [5.41, 5.74) is 2.62. The number of nitrogens with zero attached hydrogens (tertiary/aromatic N) is 1. The Hall–Kier alpha value is -1.02. The zero-order valence-corrected chi connectivity index (χ0v) is 10.3. The highest BCUT2D eigenvalue weighted by molar-refractivity contribution is 6.30. The molecule has 0 spiro atoms. The van der Waals surface area contributed by atoms with Crippen molar-refractivity contribution >= 4 is 17.5 Å². The first-order valence-electron chi connectivity index (χ1n) is 5.75. The Morgan fingerprint density at radius 2 is 2.00 bits per heavy atom. The molecule has 86 valence electrons. The molecular formula is C13H16ClNO. The predicted octanol–water partition coefficient (Wildman–Crippen LogP) is 2.68. The van der Waals surface area contributed by atoms with Gasteiger partial charge in [-0.15, -0.1) is 0 Å². The van der Waals surface area contributed by atoms with E-state index in [0.717, 1.165) is 31.0 Å². The van der Waals surface area contributed by atoms with Crippen molar-refractivity contribution in [1.29, 1.82) is 0 Å². The second-order valence-electron chi connectivity index (χ2n) is 4.15. The number of amides is 1. The van der Waals surface area contributed by atoms with Crippen molar-refractivity contribution in [3.8, 4) is 0 Å². The molecule has 0 fully saturated rings. The van der Waals surface area contributed by atoms with E-state index in [2.05, 4.69) is 6.07 Å². The maximum absolute atomic E-state index is 11.6. The van der Waals surface area contributed by atoms with E-state index in [-0.39, 0.29) is 5.91 Å². The SMILES string of the molecule is CCC(=O)N1CCc2ccc(Cl)cc2CC1. The average molecular weight is 238 g/mol. The summed E-state index contributed by atoms with van der Waals surface area (Å²) >= 11 is 5.98. The van der Waals surface area contributed by atoms with Gasteiger partial charge in [-0.2, -0.15) is 0 Å². The molecule has 0 atom stereocenters. The van der Waals surface area contributed by atoms with E-state index in [4.69, 9.17) is 11.6 Å². The van der Waals surface area contributed by atoms with E-state index < -0.39 is 0 Å². The number of fused-ring (bicyclic) bond motifs is 1. The van der Waals surface area contributed by atoms with E-state index in [9.17, 15) is 4.79 Å². The molecule has 0 saturated heterocycles. The van der Waals surface area contributed by atoms with Crippen LogP contribution in [0.15, 0.2) is 18.2 Å². The molecule has 0 radical (unpaired) electrons. The van der Waals surface area contributed by atoms with Gasteiger partial charge in [0.25, 0.3) is 0 Å². The summed E-state index contributed by atoms with van der Waals surface area (Å²) in [6, 6.07) is 6.03. The van der Waals surface area contributed by atoms with Gasteiger partial charge in [0.2, 0.25) is 5.91 Å². The summed E-state index contributed by atoms with van der Waals surface area (Å²) in [6.07, 6.45) is 2.46. The predicted molar refractivity (Wildman–Crippen MR) is 65.7 cm³/mol. The smallest absolute Gasteiger partial charge is 0.222 e. The summed E-state index contributed by atoms with van der Waals surface area (Å²) in [7, 11) is 0. The lowest BCUT2D eigenvalue weighted by Gasteiger charge is -2.19. The maximum Gasteiger partial charge on any atom is 0.222 e. The highest BCUT2D eigenvalue weighted by atomic mass is 35.5. The number of hydrogen-bond acceptors (Lipinski definition) is 1. The van der Waals surface area contributed by atoms with Gasteiger partial charge in [-0.3, -0.25) is 4.79 Å². The summed E-state index contributed by atoms with van der Waals surface area (Å²) in [5, 5.41) is 0.786. The molecule has 1 aliphatic rings. The highest BCUT2D eigenvalue weighted by Crippen LogP contribution is 2.20. The largest absolute Gasteiger partial charge is 0.342 e. The summed E-state index contributed by atoms with van der Waals surface area (Å²) in [4.78, 5) is 13.6. The Labute approximate surface area is 101 Å². The van der Waals surface area contributed by atoms with E-state index >= 15 is 0 Å². The molecule has 0 N–H and O–H groups in total. The van der Waals surface area contributed by atoms with Crippen LogP contribution in [-0.2, 0) is 17.6 Å². The Balaban J connectivity index is 2.15. The van der Waals surface area contributed by atoms with E-state index in [1.54, 1.807) is 0 Å². The minimum absolute atomic E-state index is 0.249. The lowest BCUT2D eigenvalue weighted by Crippen LogP contribution is -2.32. The molecule has 2 nitrogen and oxygen atoms in total. The Kier molecular flexibility index (Phi) is 3.49. The third-order valence-corrected chi connectivity index (χ3v) is 3.36. The van der Waals surface area contributed by atoms with E-state index in [0.29, 0.717) is 6.42 Å². The van der Waals surface area contributed by atoms with E-state index in [1.807, 2.05) is 24.0 Å². The molecule has 0 aliphatic carbocycles. The number of halogens is 1. The van der Waals surface area contributed by atoms with Crippen molar-refractivity contribution in [2.75, 3.05) is 13.1 Å². The standard InChI is InChI=1S/C13H16ClNO/c1-2-13(16)15-7-5-10-3-4-12(14)9-11(10)6-8-15/h3-4,9H,2,5-8H2,1H3. The molecule has 1 amide bonds. The molecule has 0 bridgehead atoms. The first-order chi connectivity index (χ1) is 7.70. The second kappa shape index (κ2) is 4.88. The molecule has 0 aromatic heterocycles. The summed E-state index contributed by atoms with van der Waals surface area (Å²) in [6.45, 7) is 3.57. The lowest BCUT2D eigenvalue weighted by molar-refractivity contribution is -0.130. The van der Waals surface area contributed by atoms with Crippen LogP contribution in [0.25, 0.3) is 0 Å². The fourth-order valence-electron chi connectivity index (χ4n) is 2.17. The van der Waals surface area contributed by atoms with Crippen LogP contribution in [-0.4, -0.2) is 23.9 Å². The fraction of sp³-hybridized carbons (Fsp3) is 0.462. The molecule has 1 heterocycles. The van der Waals surface area contributed by atoms with Crippen LogP contribution in [0.5, 0.6) is 0 Å². The molecule has 1 aromatic rings. The highest BCUT2D eigenvalue weighted by Gasteiger charge is 2.16. The first kappa shape index (κ1) is 11.5. The normalized spacial score (nSPS) is 15.5. The Morgan fingerprint density at radius 3 is 2.69 bits per heavy atom. The number of benzene rings is 1. The molecule has 0 saturated carbocycles. The van der Waals surface area contributed by atoms with Gasteiger partial charge in [0.05, 0.1) is 0 Å². The van der Waals surface area contributed by atoms with Crippen molar-refractivity contribution in [3.63, 3.8) is 0 Å². The van der Waals surface area contributed by atoms with Gasteiger partial charge in [-0.25, -0.2) is 0 Å². The van der Waals surface area contributed by atoms with Gasteiger partial charge in [0, 0.05) is 24.5 Å². The zero-order chi connectivity index (χ0) is 11.5. The van der Waals surface area contributed by atoms with Crippen molar-refractivity contribution in [2.45, 2.75) is 26.2 Å². The minimum Gasteiger partial charge on any atom is -0.342 e. The van der Waals surface area contributed by atoms with Crippen LogP contribution in [0.1, 0.15) is 24.5 Å². The Morgan fingerprint density at radius 1 is 1.31 bits per heavy atom. The molecule has 3 heteroatoms. The van der Waals surface area contributed by atoms with Crippen LogP contribution < -0.4 is 0 Å². The van der Waals surface area contributed by atoms with Gasteiger partial charge in [-0.1, -0.05) is 24.6 Å². The van der Waals surface area contributed by atoms with Gasteiger partial charge in [0.1, 0.15) is 0 Å². The third-order valence-electron chi connectivity index (χ3n) is 3.13. The average Bonchev–Trinajstić information content (AvgIpc) is 2.50. The van der Waals surface area contributed by atoms with Crippen LogP contribution in [0.4, 0.5) is 0 Å². The number of rotatable bonds is 1. The molecule has 16 heavy (non-hydrogen) atoms. The second-order valence-corrected chi connectivity index (χ2v) is 4.58. The topological polar surface area (TPSA) is 20.3 Å². The quantitative estimate of drug-likeness (QED) is 0.736. The molecule has 0 unspecified atom stereocenters. The summed E-state index contributed by atoms with van der Waals surface area (Å²) < 4.78 is 0. The molecule has 2 rings (SSSR count). The van der Waals surface area contributed by atoms with E-state index in [1.165, 1.54) is 11.1 Å². The number of carbonyl (C=O) groups is 1. The zero-order valence-electron chi connectivity index (χ0n) is 9.50. The monoisotopic (exact) mass is 237 g/mol. The van der Waals surface area contributed by atoms with Crippen LogP contribution in [0, 0.1) is 0 Å². The maximum atomic E-state index is 11.6. The lowest BCUT2D eigenvalue weighted by atomic mass is 10.0. The Bertz CT molecular complexity index is 403. The number of hydrogen-bond donors (Lipinski definition) is 0. The van der Waals surface area contributed by atoms with Gasteiger partial charge in [-0.05, 0) is 36.1 Å². The van der Waals surface area contributed by atoms with Crippen molar-refractivity contribution in [2.24, 2.45) is 0 Å². The van der Waals surface area contributed by atoms with Crippen LogP contribution in [0.2, 0.25) is 5.02 Å². The van der Waals surface area contributed by atoms with Gasteiger partial charge in [0.15, 0.2) is 0 Å². The first-order valence-corrected chi connectivity index (χ1v) is 6.13.